The highest BCUT2D eigenvalue weighted by atomic mass is 16.5. The standard InChI is InChI=1S/C28H46N2O2/c1-29(2,23-15-25-31-27-17-9-7-10-18-27)21-13-5-6-14-22-30(3,4)24-16-26-32-28-19-11-8-12-20-28/h7-12,17-20H,5-6,13-16,21-26H2,1-4H3/q+2. The predicted molar refractivity (Wildman–Crippen MR) is 135 cm³/mol. The summed E-state index contributed by atoms with van der Waals surface area (Å²) in [6.45, 7) is 6.44. The molecule has 0 aliphatic heterocycles. The van der Waals surface area contributed by atoms with Crippen LogP contribution in [0.25, 0.3) is 0 Å². The summed E-state index contributed by atoms with van der Waals surface area (Å²) < 4.78 is 13.8. The normalized spacial score (nSPS) is 12.0. The van der Waals surface area contributed by atoms with Crippen molar-refractivity contribution >= 4 is 0 Å². The molecule has 0 spiro atoms. The first-order valence-corrected chi connectivity index (χ1v) is 12.4. The lowest BCUT2D eigenvalue weighted by Crippen LogP contribution is -2.42. The molecule has 2 aromatic rings. The maximum Gasteiger partial charge on any atom is 0.119 e. The van der Waals surface area contributed by atoms with E-state index in [0.29, 0.717) is 0 Å². The van der Waals surface area contributed by atoms with Crippen LogP contribution in [0.3, 0.4) is 0 Å². The lowest BCUT2D eigenvalue weighted by atomic mass is 10.1. The molecule has 32 heavy (non-hydrogen) atoms. The zero-order chi connectivity index (χ0) is 23.1. The van der Waals surface area contributed by atoms with Crippen molar-refractivity contribution in [2.24, 2.45) is 0 Å². The lowest BCUT2D eigenvalue weighted by Gasteiger charge is -2.31. The van der Waals surface area contributed by atoms with Crippen LogP contribution in [0, 0.1) is 0 Å². The van der Waals surface area contributed by atoms with E-state index in [0.717, 1.165) is 46.5 Å². The molecule has 0 saturated heterocycles. The third kappa shape index (κ3) is 12.1. The minimum absolute atomic E-state index is 0.801. The number of para-hydroxylation sites is 2. The van der Waals surface area contributed by atoms with E-state index < -0.39 is 0 Å². The SMILES string of the molecule is C[N+](C)(CCCCCC[N+](C)(C)CCCOc1ccccc1)CCCOc1ccccc1. The summed E-state index contributed by atoms with van der Waals surface area (Å²) in [5.41, 5.74) is 0. The number of hydrogen-bond donors (Lipinski definition) is 0. The molecule has 0 aromatic heterocycles. The van der Waals surface area contributed by atoms with E-state index in [1.165, 1.54) is 51.9 Å². The van der Waals surface area contributed by atoms with Gasteiger partial charge in [-0.3, -0.25) is 0 Å². The van der Waals surface area contributed by atoms with Gasteiger partial charge in [-0.1, -0.05) is 36.4 Å². The fourth-order valence-electron chi connectivity index (χ4n) is 4.06. The van der Waals surface area contributed by atoms with Crippen LogP contribution in [0.5, 0.6) is 11.5 Å². The highest BCUT2D eigenvalue weighted by molar-refractivity contribution is 5.21. The number of nitrogens with zero attached hydrogens (tertiary/aromatic N) is 2. The molecule has 2 aromatic carbocycles. The Morgan fingerprint density at radius 2 is 0.812 bits per heavy atom. The van der Waals surface area contributed by atoms with Crippen LogP contribution in [0.4, 0.5) is 0 Å². The Morgan fingerprint density at radius 3 is 1.19 bits per heavy atom. The Hall–Kier alpha value is -2.04. The second-order valence-electron chi connectivity index (χ2n) is 10.2. The maximum atomic E-state index is 5.83. The van der Waals surface area contributed by atoms with Gasteiger partial charge in [-0.25, -0.2) is 0 Å². The Balaban J connectivity index is 1.46. The van der Waals surface area contributed by atoms with Crippen LogP contribution in [-0.4, -0.2) is 76.5 Å². The molecule has 0 heterocycles. The van der Waals surface area contributed by atoms with Crippen LogP contribution in [0.15, 0.2) is 60.7 Å². The molecule has 4 heteroatoms. The Labute approximate surface area is 196 Å². The fourth-order valence-corrected chi connectivity index (χ4v) is 4.06. The summed E-state index contributed by atoms with van der Waals surface area (Å²) in [6, 6.07) is 20.2. The van der Waals surface area contributed by atoms with E-state index in [4.69, 9.17) is 9.47 Å². The van der Waals surface area contributed by atoms with Crippen molar-refractivity contribution in [3.8, 4) is 11.5 Å². The first kappa shape index (κ1) is 26.2. The largest absolute Gasteiger partial charge is 0.493 e. The Morgan fingerprint density at radius 1 is 0.469 bits per heavy atom. The summed E-state index contributed by atoms with van der Waals surface area (Å²) in [6.07, 6.45) is 7.48. The van der Waals surface area contributed by atoms with Crippen molar-refractivity contribution < 1.29 is 18.4 Å². The molecule has 0 aliphatic carbocycles. The highest BCUT2D eigenvalue weighted by Crippen LogP contribution is 2.12. The van der Waals surface area contributed by atoms with Crippen LogP contribution in [0.1, 0.15) is 38.5 Å². The zero-order valence-electron chi connectivity index (χ0n) is 21.0. The zero-order valence-corrected chi connectivity index (χ0v) is 21.0. The fraction of sp³-hybridized carbons (Fsp3) is 0.571. The van der Waals surface area contributed by atoms with E-state index in [9.17, 15) is 0 Å². The number of unbranched alkanes of at least 4 members (excludes halogenated alkanes) is 3. The van der Waals surface area contributed by atoms with Crippen LogP contribution in [-0.2, 0) is 0 Å². The molecule has 2 rings (SSSR count). The molecule has 0 atom stereocenters. The van der Waals surface area contributed by atoms with Crippen LogP contribution >= 0.6 is 0 Å². The molecule has 178 valence electrons. The van der Waals surface area contributed by atoms with Crippen LogP contribution < -0.4 is 9.47 Å². The third-order valence-corrected chi connectivity index (χ3v) is 6.12. The van der Waals surface area contributed by atoms with Gasteiger partial charge in [-0.05, 0) is 49.9 Å². The Bertz CT molecular complexity index is 653. The smallest absolute Gasteiger partial charge is 0.119 e. The van der Waals surface area contributed by atoms with Crippen molar-refractivity contribution in [2.45, 2.75) is 38.5 Å². The first-order valence-electron chi connectivity index (χ1n) is 12.4. The maximum absolute atomic E-state index is 5.83. The van der Waals surface area contributed by atoms with Crippen molar-refractivity contribution in [1.82, 2.24) is 0 Å². The van der Waals surface area contributed by atoms with Gasteiger partial charge in [0.2, 0.25) is 0 Å². The minimum atomic E-state index is 0.801. The van der Waals surface area contributed by atoms with E-state index in [1.54, 1.807) is 0 Å². The Kier molecular flexibility index (Phi) is 11.6. The van der Waals surface area contributed by atoms with E-state index >= 15 is 0 Å². The molecule has 4 nitrogen and oxygen atoms in total. The topological polar surface area (TPSA) is 18.5 Å². The highest BCUT2D eigenvalue weighted by Gasteiger charge is 2.16. The number of ether oxygens (including phenoxy) is 2. The molecule has 0 bridgehead atoms. The monoisotopic (exact) mass is 442 g/mol. The number of quaternary nitrogens is 2. The summed E-state index contributed by atoms with van der Waals surface area (Å²) in [4.78, 5) is 0. The molecular weight excluding hydrogens is 396 g/mol. The molecule has 0 amide bonds. The van der Waals surface area contributed by atoms with Crippen molar-refractivity contribution in [3.63, 3.8) is 0 Å². The van der Waals surface area contributed by atoms with Gasteiger partial charge in [-0.15, -0.1) is 0 Å². The van der Waals surface area contributed by atoms with Gasteiger partial charge >= 0.3 is 0 Å². The summed E-state index contributed by atoms with van der Waals surface area (Å²) in [5.74, 6) is 1.95. The lowest BCUT2D eigenvalue weighted by molar-refractivity contribution is -0.891. The van der Waals surface area contributed by atoms with E-state index in [2.05, 4.69) is 28.2 Å². The number of benzene rings is 2. The number of rotatable bonds is 17. The molecule has 0 unspecified atom stereocenters. The second-order valence-corrected chi connectivity index (χ2v) is 10.2. The average molecular weight is 443 g/mol. The predicted octanol–water partition coefficient (Wildman–Crippen LogP) is 5.64. The van der Waals surface area contributed by atoms with Gasteiger partial charge in [0.25, 0.3) is 0 Å². The van der Waals surface area contributed by atoms with Gasteiger partial charge in [0, 0.05) is 12.8 Å². The van der Waals surface area contributed by atoms with Gasteiger partial charge in [0.15, 0.2) is 0 Å². The molecule has 0 fully saturated rings. The van der Waals surface area contributed by atoms with Gasteiger partial charge in [-0.2, -0.15) is 0 Å². The van der Waals surface area contributed by atoms with Gasteiger partial charge in [0.05, 0.1) is 67.6 Å². The van der Waals surface area contributed by atoms with Gasteiger partial charge < -0.3 is 18.4 Å². The molecule has 0 saturated carbocycles. The molecule has 0 aliphatic rings. The summed E-state index contributed by atoms with van der Waals surface area (Å²) >= 11 is 0. The van der Waals surface area contributed by atoms with Crippen molar-refractivity contribution in [1.29, 1.82) is 0 Å². The third-order valence-electron chi connectivity index (χ3n) is 6.12. The quantitative estimate of drug-likeness (QED) is 0.233. The molecular formula is C28H46N2O2+2. The molecule has 0 radical (unpaired) electrons. The number of hydrogen-bond acceptors (Lipinski definition) is 2. The summed E-state index contributed by atoms with van der Waals surface area (Å²) in [7, 11) is 9.39. The minimum Gasteiger partial charge on any atom is -0.493 e. The second kappa shape index (κ2) is 14.2. The van der Waals surface area contributed by atoms with Gasteiger partial charge in [0.1, 0.15) is 11.5 Å². The summed E-state index contributed by atoms with van der Waals surface area (Å²) in [5, 5.41) is 0. The van der Waals surface area contributed by atoms with Crippen molar-refractivity contribution in [3.05, 3.63) is 60.7 Å². The average Bonchev–Trinajstić information content (AvgIpc) is 2.78. The molecule has 0 N–H and O–H groups in total. The van der Waals surface area contributed by atoms with E-state index in [1.807, 2.05) is 60.7 Å². The van der Waals surface area contributed by atoms with Crippen LogP contribution in [0.2, 0.25) is 0 Å². The van der Waals surface area contributed by atoms with E-state index in [-0.39, 0.29) is 0 Å². The first-order chi connectivity index (χ1) is 15.4. The van der Waals surface area contributed by atoms with Crippen molar-refractivity contribution in [2.75, 3.05) is 67.6 Å².